The smallest absolute Gasteiger partial charge is 0.254 e. The minimum Gasteiger partial charge on any atom is -0.382 e. The number of hydrogen-bond acceptors (Lipinski definition) is 8. The number of benzene rings is 1. The molecule has 0 atom stereocenters. The van der Waals surface area contributed by atoms with Crippen LogP contribution in [0, 0.1) is 20.8 Å². The molecule has 2 aliphatic heterocycles. The van der Waals surface area contributed by atoms with Crippen LogP contribution >= 0.6 is 11.6 Å². The van der Waals surface area contributed by atoms with Gasteiger partial charge in [0.1, 0.15) is 16.5 Å². The maximum absolute atomic E-state index is 13.8. The van der Waals surface area contributed by atoms with Crippen molar-refractivity contribution in [2.24, 2.45) is 5.14 Å². The van der Waals surface area contributed by atoms with Gasteiger partial charge in [-0.25, -0.2) is 23.5 Å². The second-order valence-electron chi connectivity index (χ2n) is 10.7. The fraction of sp³-hybridized carbons (Fsp3) is 0.414. The summed E-state index contributed by atoms with van der Waals surface area (Å²) >= 11 is 6.37. The van der Waals surface area contributed by atoms with Crippen molar-refractivity contribution in [2.45, 2.75) is 44.6 Å². The van der Waals surface area contributed by atoms with Crippen molar-refractivity contribution < 1.29 is 13.2 Å². The Morgan fingerprint density at radius 3 is 2.17 bits per heavy atom. The number of nitrogens with two attached hydrogens (primary N) is 1. The molecule has 0 bridgehead atoms. The van der Waals surface area contributed by atoms with E-state index in [2.05, 4.69) is 27.1 Å². The molecule has 218 valence electrons. The van der Waals surface area contributed by atoms with E-state index in [1.165, 1.54) is 6.07 Å². The summed E-state index contributed by atoms with van der Waals surface area (Å²) in [4.78, 5) is 28.4. The first-order valence-corrected chi connectivity index (χ1v) is 15.7. The Morgan fingerprint density at radius 1 is 0.927 bits per heavy atom. The molecule has 4 heterocycles. The van der Waals surface area contributed by atoms with Crippen molar-refractivity contribution in [3.05, 3.63) is 70.0 Å². The van der Waals surface area contributed by atoms with Crippen molar-refractivity contribution in [1.29, 1.82) is 0 Å². The van der Waals surface area contributed by atoms with Crippen molar-refractivity contribution >= 4 is 44.9 Å². The standard InChI is InChI=1S/C29H36ClN7O3S/c1-19-18-23(29(38)37-16-14-36(15-17-37)28-25(41(31,39)40)7-5-11-33-28)21(3)26(20(19)2)34-22-8-12-35(13-9-22)27-24(30)6-4-10-32-27/h4-7,10-11,18,22,34H,8-9,12-17H2,1-3H3,(H2,31,39,40). The molecule has 5 rings (SSSR count). The highest BCUT2D eigenvalue weighted by Gasteiger charge is 2.29. The summed E-state index contributed by atoms with van der Waals surface area (Å²) in [6.07, 6.45) is 5.17. The van der Waals surface area contributed by atoms with Crippen molar-refractivity contribution in [3.8, 4) is 0 Å². The van der Waals surface area contributed by atoms with Crippen LogP contribution in [0.2, 0.25) is 5.02 Å². The summed E-state index contributed by atoms with van der Waals surface area (Å²) in [5.74, 6) is 1.13. The molecule has 1 amide bonds. The minimum absolute atomic E-state index is 0.00513. The fourth-order valence-electron chi connectivity index (χ4n) is 5.67. The average molecular weight is 598 g/mol. The highest BCUT2D eigenvalue weighted by molar-refractivity contribution is 7.89. The average Bonchev–Trinajstić information content (AvgIpc) is 2.97. The number of nitrogens with one attached hydrogen (secondary N) is 1. The number of anilines is 3. The van der Waals surface area contributed by atoms with E-state index >= 15 is 0 Å². The maximum atomic E-state index is 13.8. The van der Waals surface area contributed by atoms with Crippen LogP contribution < -0.4 is 20.3 Å². The van der Waals surface area contributed by atoms with Crippen LogP contribution in [-0.2, 0) is 10.0 Å². The number of pyridine rings is 2. The zero-order valence-corrected chi connectivity index (χ0v) is 25.2. The summed E-state index contributed by atoms with van der Waals surface area (Å²) in [6.45, 7) is 9.64. The molecule has 3 aromatic rings. The van der Waals surface area contributed by atoms with Gasteiger partial charge in [-0.3, -0.25) is 4.79 Å². The van der Waals surface area contributed by atoms with Crippen LogP contribution in [0.25, 0.3) is 0 Å². The molecular weight excluding hydrogens is 562 g/mol. The molecule has 2 saturated heterocycles. The van der Waals surface area contributed by atoms with E-state index in [4.69, 9.17) is 16.7 Å². The first kappa shape index (κ1) is 29.1. The van der Waals surface area contributed by atoms with Gasteiger partial charge in [0.25, 0.3) is 5.91 Å². The number of piperazine rings is 1. The maximum Gasteiger partial charge on any atom is 0.254 e. The molecule has 0 spiro atoms. The third kappa shape index (κ3) is 6.12. The number of nitrogens with zero attached hydrogens (tertiary/aromatic N) is 5. The van der Waals surface area contributed by atoms with E-state index in [0.717, 1.165) is 54.1 Å². The molecule has 0 unspecified atom stereocenters. The van der Waals surface area contributed by atoms with Gasteiger partial charge in [0.05, 0.1) is 5.02 Å². The van der Waals surface area contributed by atoms with Crippen LogP contribution in [0.3, 0.4) is 0 Å². The Hall–Kier alpha value is -3.41. The van der Waals surface area contributed by atoms with Gasteiger partial charge in [-0.2, -0.15) is 0 Å². The molecule has 0 aliphatic carbocycles. The Balaban J connectivity index is 1.27. The molecule has 2 fully saturated rings. The van der Waals surface area contributed by atoms with Gasteiger partial charge in [-0.1, -0.05) is 11.6 Å². The van der Waals surface area contributed by atoms with E-state index in [0.29, 0.717) is 42.6 Å². The van der Waals surface area contributed by atoms with Crippen LogP contribution in [0.1, 0.15) is 39.9 Å². The summed E-state index contributed by atoms with van der Waals surface area (Å²) in [5.41, 5.74) is 4.85. The monoisotopic (exact) mass is 597 g/mol. The van der Waals surface area contributed by atoms with Gasteiger partial charge in [-0.05, 0) is 80.6 Å². The lowest BCUT2D eigenvalue weighted by Gasteiger charge is -2.37. The van der Waals surface area contributed by atoms with Crippen LogP contribution in [0.4, 0.5) is 17.3 Å². The molecule has 0 radical (unpaired) electrons. The van der Waals surface area contributed by atoms with E-state index in [-0.39, 0.29) is 16.8 Å². The van der Waals surface area contributed by atoms with Gasteiger partial charge in [0.2, 0.25) is 10.0 Å². The number of amides is 1. The number of primary sulfonamides is 1. The number of rotatable bonds is 6. The Morgan fingerprint density at radius 2 is 1.54 bits per heavy atom. The topological polar surface area (TPSA) is 125 Å². The number of carbonyl (C=O) groups is 1. The van der Waals surface area contributed by atoms with Crippen molar-refractivity contribution in [1.82, 2.24) is 14.9 Å². The zero-order chi connectivity index (χ0) is 29.3. The SMILES string of the molecule is Cc1cc(C(=O)N2CCN(c3ncccc3S(N)(=O)=O)CC2)c(C)c(NC2CCN(c3ncccc3Cl)CC2)c1C. The summed E-state index contributed by atoms with van der Waals surface area (Å²) in [6, 6.07) is 8.97. The van der Waals surface area contributed by atoms with E-state index in [1.807, 2.05) is 41.8 Å². The lowest BCUT2D eigenvalue weighted by Crippen LogP contribution is -2.49. The van der Waals surface area contributed by atoms with E-state index < -0.39 is 10.0 Å². The largest absolute Gasteiger partial charge is 0.382 e. The Labute approximate surface area is 246 Å². The highest BCUT2D eigenvalue weighted by Crippen LogP contribution is 2.32. The molecular formula is C29H36ClN7O3S. The normalized spacial score (nSPS) is 16.7. The van der Waals surface area contributed by atoms with Gasteiger partial charge in [0, 0.05) is 69.0 Å². The molecule has 2 aliphatic rings. The predicted octanol–water partition coefficient (Wildman–Crippen LogP) is 3.75. The predicted molar refractivity (Wildman–Crippen MR) is 162 cm³/mol. The number of aryl methyl sites for hydroxylation is 1. The molecule has 41 heavy (non-hydrogen) atoms. The number of sulfonamides is 1. The third-order valence-corrected chi connectivity index (χ3v) is 9.37. The zero-order valence-electron chi connectivity index (χ0n) is 23.6. The second-order valence-corrected chi connectivity index (χ2v) is 12.7. The Bertz CT molecular complexity index is 1550. The summed E-state index contributed by atoms with van der Waals surface area (Å²) in [5, 5.41) is 9.82. The van der Waals surface area contributed by atoms with Gasteiger partial charge in [0.15, 0.2) is 0 Å². The highest BCUT2D eigenvalue weighted by atomic mass is 35.5. The molecule has 10 nitrogen and oxygen atoms in total. The number of halogens is 1. The van der Waals surface area contributed by atoms with Crippen LogP contribution in [-0.4, -0.2) is 74.5 Å². The van der Waals surface area contributed by atoms with Crippen LogP contribution in [0.15, 0.2) is 47.6 Å². The molecule has 12 heteroatoms. The Kier molecular flexibility index (Phi) is 8.40. The van der Waals surface area contributed by atoms with E-state index in [9.17, 15) is 13.2 Å². The van der Waals surface area contributed by atoms with Gasteiger partial charge < -0.3 is 20.0 Å². The lowest BCUT2D eigenvalue weighted by atomic mass is 9.95. The molecule has 1 aromatic carbocycles. The first-order chi connectivity index (χ1) is 19.5. The number of hydrogen-bond donors (Lipinski definition) is 2. The van der Waals surface area contributed by atoms with Gasteiger partial charge >= 0.3 is 0 Å². The summed E-state index contributed by atoms with van der Waals surface area (Å²) < 4.78 is 24.1. The number of piperidine rings is 1. The van der Waals surface area contributed by atoms with Gasteiger partial charge in [-0.15, -0.1) is 0 Å². The fourth-order valence-corrected chi connectivity index (χ4v) is 6.61. The second kappa shape index (κ2) is 11.8. The lowest BCUT2D eigenvalue weighted by molar-refractivity contribution is 0.0745. The minimum atomic E-state index is -3.91. The summed E-state index contributed by atoms with van der Waals surface area (Å²) in [7, 11) is -3.91. The number of aromatic nitrogens is 2. The number of carbonyl (C=O) groups excluding carboxylic acids is 1. The quantitative estimate of drug-likeness (QED) is 0.440. The van der Waals surface area contributed by atoms with Crippen molar-refractivity contribution in [3.63, 3.8) is 0 Å². The molecule has 3 N–H and O–H groups in total. The van der Waals surface area contributed by atoms with E-state index in [1.54, 1.807) is 18.5 Å². The molecule has 0 saturated carbocycles. The molecule has 2 aromatic heterocycles. The van der Waals surface area contributed by atoms with Crippen LogP contribution in [0.5, 0.6) is 0 Å². The first-order valence-electron chi connectivity index (χ1n) is 13.8. The van der Waals surface area contributed by atoms with Crippen molar-refractivity contribution in [2.75, 3.05) is 54.4 Å². The third-order valence-electron chi connectivity index (χ3n) is 8.14.